The predicted octanol–water partition coefficient (Wildman–Crippen LogP) is -6.17. The molecule has 0 radical (unpaired) electrons. The third-order valence-electron chi connectivity index (χ3n) is 8.78. The van der Waals surface area contributed by atoms with Gasteiger partial charge < -0.3 is 87.7 Å². The fourth-order valence-corrected chi connectivity index (χ4v) is 6.02. The average Bonchev–Trinajstić information content (AvgIpc) is 3.27. The monoisotopic (exact) mass is 611 g/mol. The molecule has 0 amide bonds. The van der Waals surface area contributed by atoms with Gasteiger partial charge in [-0.15, -0.1) is 0 Å². The first kappa shape index (κ1) is 34.2. The van der Waals surface area contributed by atoms with Gasteiger partial charge in [-0.1, -0.05) is 6.92 Å². The highest BCUT2D eigenvalue weighted by Gasteiger charge is 2.53. The third-order valence-corrected chi connectivity index (χ3v) is 8.78. The Kier molecular flexibility index (Phi) is 11.9. The van der Waals surface area contributed by atoms with Crippen molar-refractivity contribution in [2.75, 3.05) is 19.8 Å². The molecule has 0 aromatic heterocycles. The van der Waals surface area contributed by atoms with Gasteiger partial charge in [0.1, 0.15) is 42.7 Å². The molecule has 18 atom stereocenters. The van der Waals surface area contributed by atoms with Crippen molar-refractivity contribution < 1.29 is 59.1 Å². The number of aliphatic hydroxyl groups excluding tert-OH is 6. The van der Waals surface area contributed by atoms with Gasteiger partial charge in [0.25, 0.3) is 0 Å². The van der Waals surface area contributed by atoms with Crippen molar-refractivity contribution in [2.24, 2.45) is 34.6 Å². The molecule has 0 bridgehead atoms. The molecule has 42 heavy (non-hydrogen) atoms. The van der Waals surface area contributed by atoms with Gasteiger partial charge in [0, 0.05) is 24.5 Å². The molecule has 3 saturated heterocycles. The minimum atomic E-state index is -1.50. The second-order valence-corrected chi connectivity index (χ2v) is 11.8. The van der Waals surface area contributed by atoms with E-state index in [9.17, 15) is 30.6 Å². The van der Waals surface area contributed by atoms with E-state index in [0.29, 0.717) is 12.8 Å². The lowest BCUT2D eigenvalue weighted by molar-refractivity contribution is -0.297. The van der Waals surface area contributed by atoms with Crippen LogP contribution in [0.2, 0.25) is 0 Å². The van der Waals surface area contributed by atoms with Crippen LogP contribution in [0.25, 0.3) is 0 Å². The van der Waals surface area contributed by atoms with Crippen molar-refractivity contribution in [2.45, 2.75) is 130 Å². The first-order valence-electron chi connectivity index (χ1n) is 14.5. The van der Waals surface area contributed by atoms with Crippen molar-refractivity contribution >= 4 is 0 Å². The fourth-order valence-electron chi connectivity index (χ4n) is 6.02. The Morgan fingerprint density at radius 1 is 0.714 bits per heavy atom. The van der Waals surface area contributed by atoms with Crippen LogP contribution in [-0.4, -0.2) is 154 Å². The summed E-state index contributed by atoms with van der Waals surface area (Å²) >= 11 is 0. The summed E-state index contributed by atoms with van der Waals surface area (Å²) in [4.78, 5) is 0. The second-order valence-electron chi connectivity index (χ2n) is 11.8. The zero-order valence-electron chi connectivity index (χ0n) is 23.7. The predicted molar refractivity (Wildman–Crippen MR) is 143 cm³/mol. The SMILES string of the molecule is CC1C(OC2C(CO)OC(OC3C(O)C(N)CC(N)C3OC3OC(C(N)CO)CCC3N)C2O)OC(CN)C(O)C1O. The molecule has 0 aromatic rings. The molecule has 4 fully saturated rings. The van der Waals surface area contributed by atoms with Crippen LogP contribution in [0.5, 0.6) is 0 Å². The summed E-state index contributed by atoms with van der Waals surface area (Å²) in [5.74, 6) is -0.717. The normalized spacial score (nSPS) is 51.0. The Morgan fingerprint density at radius 2 is 1.36 bits per heavy atom. The molecule has 246 valence electrons. The van der Waals surface area contributed by atoms with Crippen LogP contribution in [-0.2, 0) is 28.4 Å². The maximum absolute atomic E-state index is 11.2. The van der Waals surface area contributed by atoms with Crippen LogP contribution in [0.15, 0.2) is 0 Å². The number of hydrogen-bond donors (Lipinski definition) is 11. The highest BCUT2D eigenvalue weighted by molar-refractivity contribution is 5.01. The van der Waals surface area contributed by atoms with Gasteiger partial charge in [-0.05, 0) is 19.3 Å². The molecule has 3 aliphatic heterocycles. The molecule has 0 spiro atoms. The zero-order valence-corrected chi connectivity index (χ0v) is 23.7. The van der Waals surface area contributed by atoms with Gasteiger partial charge in [-0.3, -0.25) is 0 Å². The van der Waals surface area contributed by atoms with Crippen molar-refractivity contribution in [3.8, 4) is 0 Å². The quantitative estimate of drug-likeness (QED) is 0.109. The van der Waals surface area contributed by atoms with E-state index < -0.39 is 117 Å². The lowest BCUT2D eigenvalue weighted by Crippen LogP contribution is -2.65. The molecule has 3 heterocycles. The van der Waals surface area contributed by atoms with E-state index in [2.05, 4.69) is 0 Å². The highest BCUT2D eigenvalue weighted by atomic mass is 16.8. The summed E-state index contributed by atoms with van der Waals surface area (Å²) in [5, 5.41) is 62.3. The van der Waals surface area contributed by atoms with Crippen LogP contribution in [0.4, 0.5) is 0 Å². The van der Waals surface area contributed by atoms with Gasteiger partial charge in [0.05, 0.1) is 43.6 Å². The Hall–Kier alpha value is -0.680. The van der Waals surface area contributed by atoms with E-state index in [-0.39, 0.29) is 19.6 Å². The van der Waals surface area contributed by atoms with E-state index in [0.717, 1.165) is 0 Å². The topological polar surface area (TPSA) is 307 Å². The summed E-state index contributed by atoms with van der Waals surface area (Å²) in [7, 11) is 0. The van der Waals surface area contributed by atoms with Crippen molar-refractivity contribution in [3.05, 3.63) is 0 Å². The minimum absolute atomic E-state index is 0.0911. The van der Waals surface area contributed by atoms with Crippen molar-refractivity contribution in [3.63, 3.8) is 0 Å². The Labute approximate surface area is 244 Å². The van der Waals surface area contributed by atoms with E-state index in [1.165, 1.54) is 0 Å². The molecule has 18 unspecified atom stereocenters. The molecule has 17 heteroatoms. The standard InChI is InChI=1S/C25H49N5O12/c1-8-16(33)18(35)14(5-26)38-23(8)41-21-15(7-32)39-25(19(21)36)42-22-17(34)10(28)4-11(29)20(22)40-24-9(27)2-3-13(37-24)12(30)6-31/h8-25,31-36H,2-7,26-30H2,1H3. The Bertz CT molecular complexity index is 852. The van der Waals surface area contributed by atoms with Crippen LogP contribution in [0.3, 0.4) is 0 Å². The molecule has 0 aromatic carbocycles. The summed E-state index contributed by atoms with van der Waals surface area (Å²) < 4.78 is 35.6. The molecule has 16 N–H and O–H groups in total. The molecule has 4 rings (SSSR count). The number of hydrogen-bond acceptors (Lipinski definition) is 17. The first-order chi connectivity index (χ1) is 19.9. The minimum Gasteiger partial charge on any atom is -0.395 e. The maximum Gasteiger partial charge on any atom is 0.187 e. The smallest absolute Gasteiger partial charge is 0.187 e. The summed E-state index contributed by atoms with van der Waals surface area (Å²) in [5.41, 5.74) is 30.4. The lowest BCUT2D eigenvalue weighted by Gasteiger charge is -2.46. The third kappa shape index (κ3) is 7.08. The number of ether oxygens (including phenoxy) is 6. The molecule has 4 aliphatic rings. The van der Waals surface area contributed by atoms with Gasteiger partial charge in [-0.25, -0.2) is 0 Å². The fraction of sp³-hybridized carbons (Fsp3) is 1.00. The van der Waals surface area contributed by atoms with E-state index in [4.69, 9.17) is 57.1 Å². The van der Waals surface area contributed by atoms with Crippen LogP contribution in [0, 0.1) is 5.92 Å². The Balaban J connectivity index is 1.48. The lowest BCUT2D eigenvalue weighted by atomic mass is 9.84. The number of rotatable bonds is 10. The van der Waals surface area contributed by atoms with E-state index in [1.54, 1.807) is 6.92 Å². The average molecular weight is 612 g/mol. The summed E-state index contributed by atoms with van der Waals surface area (Å²) in [6, 6.07) is -2.73. The Morgan fingerprint density at radius 3 is 2.00 bits per heavy atom. The van der Waals surface area contributed by atoms with Crippen LogP contribution >= 0.6 is 0 Å². The first-order valence-corrected chi connectivity index (χ1v) is 14.5. The van der Waals surface area contributed by atoms with E-state index >= 15 is 0 Å². The molecule has 1 aliphatic carbocycles. The summed E-state index contributed by atoms with van der Waals surface area (Å²) in [6.45, 7) is 0.635. The molecule has 17 nitrogen and oxygen atoms in total. The van der Waals surface area contributed by atoms with Gasteiger partial charge in [-0.2, -0.15) is 0 Å². The van der Waals surface area contributed by atoms with Crippen molar-refractivity contribution in [1.29, 1.82) is 0 Å². The van der Waals surface area contributed by atoms with Crippen LogP contribution in [0.1, 0.15) is 26.2 Å². The van der Waals surface area contributed by atoms with Gasteiger partial charge >= 0.3 is 0 Å². The molecular formula is C25H49N5O12. The van der Waals surface area contributed by atoms with E-state index in [1.807, 2.05) is 0 Å². The second kappa shape index (κ2) is 14.6. The molecular weight excluding hydrogens is 562 g/mol. The maximum atomic E-state index is 11.2. The number of aliphatic hydroxyl groups is 6. The van der Waals surface area contributed by atoms with Crippen LogP contribution < -0.4 is 28.7 Å². The number of nitrogens with two attached hydrogens (primary N) is 5. The van der Waals surface area contributed by atoms with Crippen molar-refractivity contribution in [1.82, 2.24) is 0 Å². The van der Waals surface area contributed by atoms with Gasteiger partial charge in [0.2, 0.25) is 0 Å². The largest absolute Gasteiger partial charge is 0.395 e. The highest BCUT2D eigenvalue weighted by Crippen LogP contribution is 2.35. The zero-order chi connectivity index (χ0) is 30.9. The summed E-state index contributed by atoms with van der Waals surface area (Å²) in [6.07, 6.45) is -13.5. The van der Waals surface area contributed by atoms with Gasteiger partial charge in [0.15, 0.2) is 18.9 Å². The molecule has 1 saturated carbocycles.